The van der Waals surface area contributed by atoms with Gasteiger partial charge in [-0.15, -0.1) is 0 Å². The zero-order chi connectivity index (χ0) is 20.4. The summed E-state index contributed by atoms with van der Waals surface area (Å²) >= 11 is 0. The molecule has 0 bridgehead atoms. The average molecular weight is 377 g/mol. The highest BCUT2D eigenvalue weighted by molar-refractivity contribution is 5.28. The summed E-state index contributed by atoms with van der Waals surface area (Å²) in [5, 5.41) is 71.0. The van der Waals surface area contributed by atoms with Crippen molar-refractivity contribution in [3.63, 3.8) is 0 Å². The zero-order valence-corrected chi connectivity index (χ0v) is 15.0. The maximum absolute atomic E-state index is 10.3. The standard InChI is InChI=1S/C16H27NO9/c1-10(2)17-16(23,24)15(21,22)13(3,18)26-12-7-5-11(6-8-12)9-14(19,20)25-4/h5-8,10,17-24H,9H2,1-4H3. The van der Waals surface area contributed by atoms with E-state index < -0.39 is 29.5 Å². The Morgan fingerprint density at radius 1 is 0.962 bits per heavy atom. The van der Waals surface area contributed by atoms with Crippen LogP contribution in [0.25, 0.3) is 0 Å². The van der Waals surface area contributed by atoms with E-state index in [0.717, 1.165) is 14.0 Å². The molecule has 8 N–H and O–H groups in total. The van der Waals surface area contributed by atoms with E-state index in [9.17, 15) is 35.7 Å². The summed E-state index contributed by atoms with van der Waals surface area (Å²) in [6.45, 7) is 3.88. The van der Waals surface area contributed by atoms with Gasteiger partial charge in [-0.2, -0.15) is 0 Å². The molecule has 0 radical (unpaired) electrons. The highest BCUT2D eigenvalue weighted by Gasteiger charge is 2.62. The molecule has 0 heterocycles. The molecular weight excluding hydrogens is 350 g/mol. The Bertz CT molecular complexity index is 582. The Labute approximate surface area is 150 Å². The van der Waals surface area contributed by atoms with Crippen molar-refractivity contribution in [1.29, 1.82) is 0 Å². The predicted molar refractivity (Wildman–Crippen MR) is 88.2 cm³/mol. The molecule has 0 aliphatic rings. The van der Waals surface area contributed by atoms with E-state index in [1.54, 1.807) is 0 Å². The molecular formula is C16H27NO9. The third kappa shape index (κ3) is 5.33. The molecule has 26 heavy (non-hydrogen) atoms. The third-order valence-corrected chi connectivity index (χ3v) is 3.62. The molecule has 0 aliphatic carbocycles. The monoisotopic (exact) mass is 377 g/mol. The van der Waals surface area contributed by atoms with Crippen LogP contribution in [-0.2, 0) is 11.2 Å². The molecule has 0 aromatic heterocycles. The highest BCUT2D eigenvalue weighted by atomic mass is 16.8. The summed E-state index contributed by atoms with van der Waals surface area (Å²) < 4.78 is 9.56. The Morgan fingerprint density at radius 3 is 1.88 bits per heavy atom. The van der Waals surface area contributed by atoms with Crippen LogP contribution in [0.3, 0.4) is 0 Å². The van der Waals surface area contributed by atoms with Gasteiger partial charge in [-0.1, -0.05) is 12.1 Å². The second-order valence-corrected chi connectivity index (χ2v) is 6.50. The van der Waals surface area contributed by atoms with Gasteiger partial charge in [-0.3, -0.25) is 5.32 Å². The van der Waals surface area contributed by atoms with E-state index in [4.69, 9.17) is 4.74 Å². The highest BCUT2D eigenvalue weighted by Crippen LogP contribution is 2.31. The third-order valence-electron chi connectivity index (χ3n) is 3.62. The van der Waals surface area contributed by atoms with Gasteiger partial charge in [0.25, 0.3) is 17.7 Å². The molecule has 0 fully saturated rings. The smallest absolute Gasteiger partial charge is 0.301 e. The summed E-state index contributed by atoms with van der Waals surface area (Å²) in [5.41, 5.74) is 0.447. The van der Waals surface area contributed by atoms with Crippen LogP contribution in [0.15, 0.2) is 24.3 Å². The number of rotatable bonds is 9. The van der Waals surface area contributed by atoms with Gasteiger partial charge >= 0.3 is 5.79 Å². The summed E-state index contributed by atoms with van der Waals surface area (Å²) in [5.74, 6) is -12.0. The average Bonchev–Trinajstić information content (AvgIpc) is 2.47. The van der Waals surface area contributed by atoms with Crippen molar-refractivity contribution >= 4 is 0 Å². The number of nitrogens with one attached hydrogen (secondary N) is 1. The largest absolute Gasteiger partial charge is 0.457 e. The van der Waals surface area contributed by atoms with Crippen LogP contribution in [0.1, 0.15) is 26.3 Å². The fourth-order valence-corrected chi connectivity index (χ4v) is 2.14. The van der Waals surface area contributed by atoms with Crippen molar-refractivity contribution in [3.05, 3.63) is 29.8 Å². The fraction of sp³-hybridized carbons (Fsp3) is 0.625. The molecule has 0 aliphatic heterocycles. The van der Waals surface area contributed by atoms with Crippen LogP contribution in [0.4, 0.5) is 0 Å². The second kappa shape index (κ2) is 7.72. The van der Waals surface area contributed by atoms with Crippen molar-refractivity contribution < 1.29 is 45.2 Å². The predicted octanol–water partition coefficient (Wildman–Crippen LogP) is -2.08. The normalized spacial score (nSPS) is 15.8. The minimum absolute atomic E-state index is 0.0505. The molecule has 0 saturated carbocycles. The lowest BCUT2D eigenvalue weighted by Crippen LogP contribution is -2.74. The molecule has 10 nitrogen and oxygen atoms in total. The number of aliphatic hydroxyl groups is 7. The van der Waals surface area contributed by atoms with Gasteiger partial charge in [0.1, 0.15) is 5.75 Å². The van der Waals surface area contributed by atoms with Gasteiger partial charge in [-0.05, 0) is 31.5 Å². The molecule has 0 spiro atoms. The van der Waals surface area contributed by atoms with E-state index in [-0.39, 0.29) is 12.2 Å². The summed E-state index contributed by atoms with van der Waals surface area (Å²) in [4.78, 5) is 0. The molecule has 150 valence electrons. The lowest BCUT2D eigenvalue weighted by Gasteiger charge is -2.44. The quantitative estimate of drug-likeness (QED) is 0.223. The fourth-order valence-electron chi connectivity index (χ4n) is 2.14. The Kier molecular flexibility index (Phi) is 6.74. The van der Waals surface area contributed by atoms with E-state index in [1.165, 1.54) is 38.1 Å². The van der Waals surface area contributed by atoms with E-state index in [1.807, 2.05) is 0 Å². The van der Waals surface area contributed by atoms with Gasteiger partial charge in [0, 0.05) is 20.1 Å². The topological polar surface area (TPSA) is 172 Å². The minimum atomic E-state index is -3.51. The maximum atomic E-state index is 10.3. The zero-order valence-electron chi connectivity index (χ0n) is 15.0. The Morgan fingerprint density at radius 2 is 1.46 bits per heavy atom. The van der Waals surface area contributed by atoms with Gasteiger partial charge in [0.05, 0.1) is 6.42 Å². The summed E-state index contributed by atoms with van der Waals surface area (Å²) in [7, 11) is 1.12. The van der Waals surface area contributed by atoms with Crippen LogP contribution >= 0.6 is 0 Å². The SMILES string of the molecule is COC(O)(O)Cc1ccc(OC(C)(O)C(O)(O)C(O)(O)NC(C)C)cc1. The van der Waals surface area contributed by atoms with Gasteiger partial charge in [0.2, 0.25) is 0 Å². The first kappa shape index (κ1) is 22.7. The molecule has 1 aromatic carbocycles. The molecule has 1 aromatic rings. The summed E-state index contributed by atoms with van der Waals surface area (Å²) in [6, 6.07) is 4.88. The number of hydrogen-bond acceptors (Lipinski definition) is 10. The van der Waals surface area contributed by atoms with Crippen molar-refractivity contribution in [2.24, 2.45) is 0 Å². The maximum Gasteiger partial charge on any atom is 0.301 e. The Balaban J connectivity index is 2.95. The molecule has 1 unspecified atom stereocenters. The van der Waals surface area contributed by atoms with E-state index >= 15 is 0 Å². The second-order valence-electron chi connectivity index (χ2n) is 6.50. The molecule has 0 amide bonds. The van der Waals surface area contributed by atoms with Gasteiger partial charge in [-0.25, -0.2) is 0 Å². The Hall–Kier alpha value is -1.34. The lowest BCUT2D eigenvalue weighted by atomic mass is 10.0. The first-order chi connectivity index (χ1) is 11.6. The van der Waals surface area contributed by atoms with E-state index in [2.05, 4.69) is 10.1 Å². The van der Waals surface area contributed by atoms with Gasteiger partial charge < -0.3 is 45.2 Å². The first-order valence-corrected chi connectivity index (χ1v) is 7.81. The molecule has 1 rings (SSSR count). The van der Waals surface area contributed by atoms with Crippen LogP contribution in [0.5, 0.6) is 5.75 Å². The lowest BCUT2D eigenvalue weighted by molar-refractivity contribution is -0.449. The van der Waals surface area contributed by atoms with Crippen molar-refractivity contribution in [2.45, 2.75) is 56.7 Å². The number of ether oxygens (including phenoxy) is 2. The minimum Gasteiger partial charge on any atom is -0.457 e. The first-order valence-electron chi connectivity index (χ1n) is 7.81. The van der Waals surface area contributed by atoms with Gasteiger partial charge in [0.15, 0.2) is 0 Å². The van der Waals surface area contributed by atoms with Crippen molar-refractivity contribution in [1.82, 2.24) is 5.32 Å². The number of hydrogen-bond donors (Lipinski definition) is 8. The van der Waals surface area contributed by atoms with Crippen LogP contribution in [-0.4, -0.2) is 72.4 Å². The molecule has 10 heteroatoms. The van der Waals surface area contributed by atoms with Crippen molar-refractivity contribution in [2.75, 3.05) is 7.11 Å². The summed E-state index contributed by atoms with van der Waals surface area (Å²) in [6.07, 6.45) is -0.251. The van der Waals surface area contributed by atoms with Crippen molar-refractivity contribution in [3.8, 4) is 5.75 Å². The number of methoxy groups -OCH3 is 1. The van der Waals surface area contributed by atoms with Crippen LogP contribution < -0.4 is 10.1 Å². The molecule has 0 saturated heterocycles. The molecule has 1 atom stereocenters. The van der Waals surface area contributed by atoms with Crippen LogP contribution in [0.2, 0.25) is 0 Å². The van der Waals surface area contributed by atoms with E-state index in [0.29, 0.717) is 5.56 Å². The number of benzene rings is 1. The van der Waals surface area contributed by atoms with Crippen LogP contribution in [0, 0.1) is 0 Å².